The van der Waals surface area contributed by atoms with Crippen LogP contribution in [0.15, 0.2) is 24.3 Å². The summed E-state index contributed by atoms with van der Waals surface area (Å²) in [6.07, 6.45) is 0. The Labute approximate surface area is 176 Å². The molecule has 142 valence electrons. The summed E-state index contributed by atoms with van der Waals surface area (Å²) >= 11 is 0. The van der Waals surface area contributed by atoms with Crippen molar-refractivity contribution < 1.29 is 0 Å². The van der Waals surface area contributed by atoms with Gasteiger partial charge in [0.15, 0.2) is 22.8 Å². The summed E-state index contributed by atoms with van der Waals surface area (Å²) in [6.45, 7) is 4.14. The SMILES string of the molecule is CC1(C)c2cc3nc(C#N)c(C#N)nc3cc2-c2cc3nc(C#N)c(C#N)nc3cc21. The minimum Gasteiger partial charge on any atom is -0.232 e. The molecule has 0 N–H and O–H groups in total. The van der Waals surface area contributed by atoms with E-state index in [0.29, 0.717) is 22.1 Å². The fourth-order valence-electron chi connectivity index (χ4n) is 4.14. The Morgan fingerprint density at radius 1 is 0.548 bits per heavy atom. The molecule has 0 spiro atoms. The van der Waals surface area contributed by atoms with Crippen LogP contribution < -0.4 is 0 Å². The van der Waals surface area contributed by atoms with Gasteiger partial charge in [0.05, 0.1) is 22.1 Å². The molecule has 2 aromatic carbocycles. The van der Waals surface area contributed by atoms with Gasteiger partial charge in [0.2, 0.25) is 0 Å². The fraction of sp³-hybridized carbons (Fsp3) is 0.130. The second-order valence-electron chi connectivity index (χ2n) is 7.69. The summed E-state index contributed by atoms with van der Waals surface area (Å²) in [6, 6.07) is 15.2. The van der Waals surface area contributed by atoms with Gasteiger partial charge in [-0.15, -0.1) is 0 Å². The highest BCUT2D eigenvalue weighted by Crippen LogP contribution is 2.50. The number of nitriles is 4. The van der Waals surface area contributed by atoms with Crippen LogP contribution in [0.2, 0.25) is 0 Å². The summed E-state index contributed by atoms with van der Waals surface area (Å²) in [5.41, 5.74) is 5.49. The molecule has 31 heavy (non-hydrogen) atoms. The molecular weight excluding hydrogens is 388 g/mol. The van der Waals surface area contributed by atoms with Crippen LogP contribution in [0.3, 0.4) is 0 Å². The van der Waals surface area contributed by atoms with Crippen LogP contribution in [0, 0.1) is 45.3 Å². The lowest BCUT2D eigenvalue weighted by molar-refractivity contribution is 0.661. The lowest BCUT2D eigenvalue weighted by atomic mass is 9.82. The Hall–Kier alpha value is -4.92. The molecular formula is C23H10N8. The molecule has 0 radical (unpaired) electrons. The maximum Gasteiger partial charge on any atom is 0.177 e. The lowest BCUT2D eigenvalue weighted by Gasteiger charge is -2.21. The van der Waals surface area contributed by atoms with Crippen molar-refractivity contribution in [3.05, 3.63) is 58.2 Å². The maximum absolute atomic E-state index is 9.29. The van der Waals surface area contributed by atoms with E-state index in [1.165, 1.54) is 0 Å². The zero-order chi connectivity index (χ0) is 21.9. The first kappa shape index (κ1) is 18.1. The third kappa shape index (κ3) is 2.37. The molecule has 1 aliphatic carbocycles. The third-order valence-corrected chi connectivity index (χ3v) is 5.67. The number of hydrogen-bond acceptors (Lipinski definition) is 8. The average Bonchev–Trinajstić information content (AvgIpc) is 2.99. The molecule has 0 unspecified atom stereocenters. The van der Waals surface area contributed by atoms with Gasteiger partial charge < -0.3 is 0 Å². The molecule has 0 aliphatic heterocycles. The van der Waals surface area contributed by atoms with Crippen molar-refractivity contribution >= 4 is 22.1 Å². The van der Waals surface area contributed by atoms with E-state index < -0.39 is 5.41 Å². The number of nitrogens with zero attached hydrogens (tertiary/aromatic N) is 8. The summed E-state index contributed by atoms with van der Waals surface area (Å²) in [5, 5.41) is 37.1. The van der Waals surface area contributed by atoms with E-state index in [4.69, 9.17) is 0 Å². The number of aromatic nitrogens is 4. The second kappa shape index (κ2) is 6.04. The van der Waals surface area contributed by atoms with E-state index in [2.05, 4.69) is 33.8 Å². The van der Waals surface area contributed by atoms with Crippen LogP contribution in [0.5, 0.6) is 0 Å². The second-order valence-corrected chi connectivity index (χ2v) is 7.69. The normalized spacial score (nSPS) is 13.0. The van der Waals surface area contributed by atoms with Crippen LogP contribution in [-0.2, 0) is 5.41 Å². The van der Waals surface area contributed by atoms with Gasteiger partial charge in [0.1, 0.15) is 24.3 Å². The summed E-state index contributed by atoms with van der Waals surface area (Å²) in [4.78, 5) is 17.3. The minimum absolute atomic E-state index is 0.00419. The minimum atomic E-state index is -0.405. The quantitative estimate of drug-likeness (QED) is 0.438. The van der Waals surface area contributed by atoms with Gasteiger partial charge in [-0.05, 0) is 46.5 Å². The Morgan fingerprint density at radius 2 is 0.839 bits per heavy atom. The van der Waals surface area contributed by atoms with Gasteiger partial charge in [-0.3, -0.25) is 0 Å². The van der Waals surface area contributed by atoms with Crippen molar-refractivity contribution in [3.63, 3.8) is 0 Å². The van der Waals surface area contributed by atoms with E-state index in [1.54, 1.807) is 0 Å². The molecule has 0 fully saturated rings. The van der Waals surface area contributed by atoms with E-state index in [-0.39, 0.29) is 22.8 Å². The molecule has 0 atom stereocenters. The number of fused-ring (bicyclic) bond motifs is 5. The topological polar surface area (TPSA) is 147 Å². The molecule has 0 bridgehead atoms. The van der Waals surface area contributed by atoms with Gasteiger partial charge in [-0.2, -0.15) is 21.0 Å². The predicted molar refractivity (Wildman–Crippen MR) is 109 cm³/mol. The lowest BCUT2D eigenvalue weighted by Crippen LogP contribution is -2.15. The molecule has 5 rings (SSSR count). The molecule has 1 aliphatic rings. The smallest absolute Gasteiger partial charge is 0.177 e. The molecule has 8 nitrogen and oxygen atoms in total. The largest absolute Gasteiger partial charge is 0.232 e. The van der Waals surface area contributed by atoms with Crippen LogP contribution in [0.1, 0.15) is 47.8 Å². The van der Waals surface area contributed by atoms with E-state index in [9.17, 15) is 21.0 Å². The highest BCUT2D eigenvalue weighted by atomic mass is 14.8. The zero-order valence-electron chi connectivity index (χ0n) is 16.4. The van der Waals surface area contributed by atoms with E-state index >= 15 is 0 Å². The standard InChI is InChI=1S/C23H10N8/c1-23(2)13-5-17-15(28-19(7-24)21(9-26)30-17)3-11(13)12-4-16-18(6-14(12)23)31-22(10-27)20(8-25)29-16/h3-6H,1-2H3. The van der Waals surface area contributed by atoms with Gasteiger partial charge in [0.25, 0.3) is 0 Å². The molecule has 4 aromatic rings. The maximum atomic E-state index is 9.29. The first-order valence-electron chi connectivity index (χ1n) is 9.24. The first-order valence-corrected chi connectivity index (χ1v) is 9.24. The Morgan fingerprint density at radius 3 is 1.13 bits per heavy atom. The molecule has 2 aromatic heterocycles. The van der Waals surface area contributed by atoms with Crippen LogP contribution in [-0.4, -0.2) is 19.9 Å². The number of hydrogen-bond donors (Lipinski definition) is 0. The van der Waals surface area contributed by atoms with Crippen molar-refractivity contribution in [2.75, 3.05) is 0 Å². The van der Waals surface area contributed by atoms with Gasteiger partial charge in [-0.25, -0.2) is 19.9 Å². The van der Waals surface area contributed by atoms with Gasteiger partial charge >= 0.3 is 0 Å². The molecule has 0 saturated carbocycles. The third-order valence-electron chi connectivity index (χ3n) is 5.67. The van der Waals surface area contributed by atoms with Gasteiger partial charge in [-0.1, -0.05) is 13.8 Å². The highest BCUT2D eigenvalue weighted by molar-refractivity contribution is 5.94. The summed E-state index contributed by atoms with van der Waals surface area (Å²) in [5.74, 6) is 0. The van der Waals surface area contributed by atoms with Crippen molar-refractivity contribution in [1.82, 2.24) is 19.9 Å². The monoisotopic (exact) mass is 398 g/mol. The molecule has 0 amide bonds. The average molecular weight is 398 g/mol. The van der Waals surface area contributed by atoms with Crippen molar-refractivity contribution in [2.45, 2.75) is 19.3 Å². The van der Waals surface area contributed by atoms with Crippen LogP contribution in [0.4, 0.5) is 0 Å². The van der Waals surface area contributed by atoms with Crippen molar-refractivity contribution in [1.29, 1.82) is 21.0 Å². The summed E-state index contributed by atoms with van der Waals surface area (Å²) in [7, 11) is 0. The Kier molecular flexibility index (Phi) is 3.53. The molecule has 2 heterocycles. The Balaban J connectivity index is 1.85. The van der Waals surface area contributed by atoms with E-state index in [0.717, 1.165) is 22.3 Å². The zero-order valence-corrected chi connectivity index (χ0v) is 16.4. The van der Waals surface area contributed by atoms with Crippen LogP contribution >= 0.6 is 0 Å². The number of rotatable bonds is 0. The predicted octanol–water partition coefficient (Wildman–Crippen LogP) is 3.37. The van der Waals surface area contributed by atoms with Crippen molar-refractivity contribution in [3.8, 4) is 35.4 Å². The highest BCUT2D eigenvalue weighted by Gasteiger charge is 2.37. The number of benzene rings is 2. The molecule has 0 saturated heterocycles. The first-order chi connectivity index (χ1) is 14.9. The molecule has 8 heteroatoms. The fourth-order valence-corrected chi connectivity index (χ4v) is 4.14. The van der Waals surface area contributed by atoms with Crippen LogP contribution in [0.25, 0.3) is 33.2 Å². The summed E-state index contributed by atoms with van der Waals surface area (Å²) < 4.78 is 0. The van der Waals surface area contributed by atoms with E-state index in [1.807, 2.05) is 48.5 Å². The van der Waals surface area contributed by atoms with Crippen molar-refractivity contribution in [2.24, 2.45) is 0 Å². The Bertz CT molecular complexity index is 1530. The van der Waals surface area contributed by atoms with Gasteiger partial charge in [0, 0.05) is 5.41 Å².